The first kappa shape index (κ1) is 14.4. The molecule has 1 aliphatic heterocycles. The van der Waals surface area contributed by atoms with Gasteiger partial charge in [0.05, 0.1) is 6.04 Å². The molecule has 114 valence electrons. The van der Waals surface area contributed by atoms with Crippen LogP contribution in [0.4, 0.5) is 5.82 Å². The minimum absolute atomic E-state index is 0.0884. The van der Waals surface area contributed by atoms with Crippen molar-refractivity contribution < 1.29 is 9.53 Å². The van der Waals surface area contributed by atoms with Gasteiger partial charge in [-0.2, -0.15) is 0 Å². The highest BCUT2D eigenvalue weighted by molar-refractivity contribution is 5.81. The number of carbonyl (C=O) groups is 1. The van der Waals surface area contributed by atoms with Crippen molar-refractivity contribution in [1.82, 2.24) is 10.3 Å². The first-order valence-corrected chi connectivity index (χ1v) is 7.40. The third-order valence-corrected chi connectivity index (χ3v) is 3.63. The Balaban J connectivity index is 1.45. The molecular weight excluding hydrogens is 278 g/mol. The van der Waals surface area contributed by atoms with Crippen molar-refractivity contribution in [2.24, 2.45) is 0 Å². The Hall–Kier alpha value is -2.56. The second-order valence-corrected chi connectivity index (χ2v) is 5.37. The zero-order valence-electron chi connectivity index (χ0n) is 12.5. The van der Waals surface area contributed by atoms with Crippen molar-refractivity contribution in [3.8, 4) is 5.75 Å². The summed E-state index contributed by atoms with van der Waals surface area (Å²) in [6.45, 7) is 3.32. The topological polar surface area (TPSA) is 54.5 Å². The summed E-state index contributed by atoms with van der Waals surface area (Å²) >= 11 is 0. The number of nitrogens with zero attached hydrogens (tertiary/aromatic N) is 2. The number of aromatic nitrogens is 1. The maximum atomic E-state index is 12.1. The maximum Gasteiger partial charge on any atom is 0.261 e. The Bertz CT molecular complexity index is 612. The van der Waals surface area contributed by atoms with Gasteiger partial charge in [0.1, 0.15) is 11.6 Å². The molecule has 1 saturated heterocycles. The van der Waals surface area contributed by atoms with E-state index >= 15 is 0 Å². The summed E-state index contributed by atoms with van der Waals surface area (Å²) in [7, 11) is 0. The van der Waals surface area contributed by atoms with Crippen molar-refractivity contribution >= 4 is 11.7 Å². The molecule has 1 fully saturated rings. The highest BCUT2D eigenvalue weighted by atomic mass is 16.5. The Kier molecular flexibility index (Phi) is 4.23. The van der Waals surface area contributed by atoms with Crippen molar-refractivity contribution in [2.75, 3.05) is 18.0 Å². The van der Waals surface area contributed by atoms with E-state index in [-0.39, 0.29) is 11.9 Å². The van der Waals surface area contributed by atoms with Gasteiger partial charge in [-0.25, -0.2) is 4.98 Å². The molecule has 1 N–H and O–H groups in total. The highest BCUT2D eigenvalue weighted by Crippen LogP contribution is 2.17. The number of anilines is 1. The summed E-state index contributed by atoms with van der Waals surface area (Å²) in [5, 5.41) is 3.00. The van der Waals surface area contributed by atoms with Gasteiger partial charge in [-0.1, -0.05) is 24.3 Å². The predicted molar refractivity (Wildman–Crippen MR) is 84.9 cm³/mol. The molecule has 0 bridgehead atoms. The standard InChI is InChI=1S/C17H19N3O2/c1-13(22-15-7-3-2-4-8-15)17(21)19-14-11-20(12-14)16-9-5-6-10-18-16/h2-10,13-14H,11-12H2,1H3,(H,19,21). The van der Waals surface area contributed by atoms with Crippen molar-refractivity contribution in [3.05, 3.63) is 54.7 Å². The Labute approximate surface area is 129 Å². The van der Waals surface area contributed by atoms with E-state index in [1.807, 2.05) is 48.5 Å². The molecule has 0 spiro atoms. The normalized spacial score (nSPS) is 15.8. The first-order valence-electron chi connectivity index (χ1n) is 7.40. The van der Waals surface area contributed by atoms with Crippen LogP contribution in [0.3, 0.4) is 0 Å². The minimum Gasteiger partial charge on any atom is -0.481 e. The maximum absolute atomic E-state index is 12.1. The predicted octanol–water partition coefficient (Wildman–Crippen LogP) is 1.85. The van der Waals surface area contributed by atoms with Crippen LogP contribution in [0.1, 0.15) is 6.92 Å². The van der Waals surface area contributed by atoms with E-state index in [1.54, 1.807) is 13.1 Å². The lowest BCUT2D eigenvalue weighted by Crippen LogP contribution is -2.61. The van der Waals surface area contributed by atoms with E-state index in [2.05, 4.69) is 15.2 Å². The number of carbonyl (C=O) groups excluding carboxylic acids is 1. The molecular formula is C17H19N3O2. The monoisotopic (exact) mass is 297 g/mol. The number of para-hydroxylation sites is 1. The third kappa shape index (κ3) is 3.36. The fourth-order valence-corrected chi connectivity index (χ4v) is 2.37. The lowest BCUT2D eigenvalue weighted by molar-refractivity contribution is -0.128. The Morgan fingerprint density at radius 1 is 1.23 bits per heavy atom. The van der Waals surface area contributed by atoms with Gasteiger partial charge in [-0.3, -0.25) is 4.79 Å². The molecule has 3 rings (SSSR count). The number of rotatable bonds is 5. The van der Waals surface area contributed by atoms with E-state index in [9.17, 15) is 4.79 Å². The zero-order chi connectivity index (χ0) is 15.4. The van der Waals surface area contributed by atoms with Crippen LogP contribution >= 0.6 is 0 Å². The third-order valence-electron chi connectivity index (χ3n) is 3.63. The molecule has 0 aliphatic carbocycles. The van der Waals surface area contributed by atoms with Crippen LogP contribution < -0.4 is 15.0 Å². The van der Waals surface area contributed by atoms with Crippen LogP contribution in [0.5, 0.6) is 5.75 Å². The van der Waals surface area contributed by atoms with Crippen LogP contribution in [0.25, 0.3) is 0 Å². The van der Waals surface area contributed by atoms with Crippen LogP contribution in [0.15, 0.2) is 54.7 Å². The van der Waals surface area contributed by atoms with Crippen molar-refractivity contribution in [2.45, 2.75) is 19.1 Å². The summed E-state index contributed by atoms with van der Waals surface area (Å²) in [6.07, 6.45) is 1.27. The average molecular weight is 297 g/mol. The van der Waals surface area contributed by atoms with Crippen molar-refractivity contribution in [1.29, 1.82) is 0 Å². The second kappa shape index (κ2) is 6.47. The van der Waals surface area contributed by atoms with Gasteiger partial charge in [0.15, 0.2) is 6.10 Å². The molecule has 0 saturated carbocycles. The van der Waals surface area contributed by atoms with E-state index in [0.29, 0.717) is 5.75 Å². The minimum atomic E-state index is -0.508. The van der Waals surface area contributed by atoms with Gasteiger partial charge in [-0.05, 0) is 31.2 Å². The van der Waals surface area contributed by atoms with Gasteiger partial charge in [0.2, 0.25) is 0 Å². The smallest absolute Gasteiger partial charge is 0.261 e. The van der Waals surface area contributed by atoms with Crippen molar-refractivity contribution in [3.63, 3.8) is 0 Å². The fraction of sp³-hybridized carbons (Fsp3) is 0.294. The van der Waals surface area contributed by atoms with Crippen LogP contribution in [0, 0.1) is 0 Å². The number of benzene rings is 1. The molecule has 2 heterocycles. The first-order chi connectivity index (χ1) is 10.7. The van der Waals surface area contributed by atoms with E-state index in [4.69, 9.17) is 4.74 Å². The molecule has 22 heavy (non-hydrogen) atoms. The lowest BCUT2D eigenvalue weighted by atomic mass is 10.1. The van der Waals surface area contributed by atoms with E-state index in [1.165, 1.54) is 0 Å². The molecule has 5 nitrogen and oxygen atoms in total. The molecule has 1 atom stereocenters. The summed E-state index contributed by atoms with van der Waals surface area (Å²) < 4.78 is 5.62. The van der Waals surface area contributed by atoms with Gasteiger partial charge < -0.3 is 15.0 Å². The lowest BCUT2D eigenvalue weighted by Gasteiger charge is -2.40. The second-order valence-electron chi connectivity index (χ2n) is 5.37. The number of ether oxygens (including phenoxy) is 1. The van der Waals surface area contributed by atoms with E-state index in [0.717, 1.165) is 18.9 Å². The van der Waals surface area contributed by atoms with Crippen LogP contribution in [-0.2, 0) is 4.79 Å². The zero-order valence-corrected chi connectivity index (χ0v) is 12.5. The molecule has 0 radical (unpaired) electrons. The SMILES string of the molecule is CC(Oc1ccccc1)C(=O)NC1CN(c2ccccn2)C1. The number of hydrogen-bond acceptors (Lipinski definition) is 4. The number of pyridine rings is 1. The van der Waals surface area contributed by atoms with Gasteiger partial charge in [0.25, 0.3) is 5.91 Å². The summed E-state index contributed by atoms with van der Waals surface area (Å²) in [4.78, 5) is 18.5. The van der Waals surface area contributed by atoms with Crippen LogP contribution in [0.2, 0.25) is 0 Å². The molecule has 1 aromatic heterocycles. The molecule has 1 amide bonds. The quantitative estimate of drug-likeness (QED) is 0.915. The number of amides is 1. The highest BCUT2D eigenvalue weighted by Gasteiger charge is 2.30. The van der Waals surface area contributed by atoms with Gasteiger partial charge in [0, 0.05) is 19.3 Å². The largest absolute Gasteiger partial charge is 0.481 e. The van der Waals surface area contributed by atoms with Crippen LogP contribution in [-0.4, -0.2) is 36.1 Å². The summed E-state index contributed by atoms with van der Waals surface area (Å²) in [5.74, 6) is 1.56. The van der Waals surface area contributed by atoms with Gasteiger partial charge >= 0.3 is 0 Å². The van der Waals surface area contributed by atoms with E-state index < -0.39 is 6.10 Å². The fourth-order valence-electron chi connectivity index (χ4n) is 2.37. The summed E-state index contributed by atoms with van der Waals surface area (Å²) in [5.41, 5.74) is 0. The Morgan fingerprint density at radius 2 is 1.95 bits per heavy atom. The molecule has 5 heteroatoms. The Morgan fingerprint density at radius 3 is 2.64 bits per heavy atom. The molecule has 1 aliphatic rings. The molecule has 1 unspecified atom stereocenters. The molecule has 1 aromatic carbocycles. The average Bonchev–Trinajstić information content (AvgIpc) is 2.52. The summed E-state index contributed by atoms with van der Waals surface area (Å²) in [6, 6.07) is 15.3. The number of hydrogen-bond donors (Lipinski definition) is 1. The molecule has 2 aromatic rings. The number of nitrogens with one attached hydrogen (secondary N) is 1. The van der Waals surface area contributed by atoms with Gasteiger partial charge in [-0.15, -0.1) is 0 Å².